The zero-order chi connectivity index (χ0) is 69.9. The van der Waals surface area contributed by atoms with E-state index in [2.05, 4.69) is 156 Å². The molecule has 2 aromatic rings. The summed E-state index contributed by atoms with van der Waals surface area (Å²) in [6.45, 7) is 9.67. The first-order chi connectivity index (χ1) is 46.8. The Morgan fingerprint density at radius 3 is 1.58 bits per heavy atom. The first kappa shape index (κ1) is 85.8. The van der Waals surface area contributed by atoms with Gasteiger partial charge >= 0.3 is 182 Å². The zero-order valence-electron chi connectivity index (χ0n) is 57.0. The van der Waals surface area contributed by atoms with E-state index in [4.69, 9.17) is 56.7 Å². The van der Waals surface area contributed by atoms with Crippen molar-refractivity contribution in [2.45, 2.75) is 154 Å². The maximum absolute atomic E-state index is 12.7. The Bertz CT molecular complexity index is 2900. The van der Waals surface area contributed by atoms with Crippen molar-refractivity contribution in [3.8, 4) is 0 Å². The Kier molecular flexibility index (Phi) is 52.5. The van der Waals surface area contributed by atoms with E-state index < -0.39 is 30.7 Å². The molecule has 0 spiro atoms. The summed E-state index contributed by atoms with van der Waals surface area (Å²) >= 11 is 14.1. The third-order valence-electron chi connectivity index (χ3n) is 14.7. The number of piperidine rings is 2. The van der Waals surface area contributed by atoms with Gasteiger partial charge in [0.15, 0.2) is 0 Å². The number of allylic oxidation sites excluding steroid dienone is 20. The van der Waals surface area contributed by atoms with E-state index in [-0.39, 0.29) is 57.9 Å². The fourth-order valence-corrected chi connectivity index (χ4v) is 13.0. The van der Waals surface area contributed by atoms with Crippen LogP contribution in [-0.4, -0.2) is 121 Å². The van der Waals surface area contributed by atoms with Gasteiger partial charge in [0, 0.05) is 49.4 Å². The van der Waals surface area contributed by atoms with E-state index >= 15 is 0 Å². The van der Waals surface area contributed by atoms with Crippen molar-refractivity contribution >= 4 is 71.8 Å². The van der Waals surface area contributed by atoms with Crippen molar-refractivity contribution in [1.82, 2.24) is 9.80 Å². The number of carbonyl (C=O) groups is 6. The number of methoxy groups -OCH3 is 2. The van der Waals surface area contributed by atoms with Crippen LogP contribution in [0.4, 0.5) is 0 Å². The van der Waals surface area contributed by atoms with Gasteiger partial charge in [-0.05, 0) is 114 Å². The number of unbranched alkanes of at least 4 members (excludes halogenated alkanes) is 2. The molecule has 2 aliphatic heterocycles. The molecular weight excluding hydrogens is 1390 g/mol. The van der Waals surface area contributed by atoms with Crippen molar-refractivity contribution in [1.29, 1.82) is 0 Å². The van der Waals surface area contributed by atoms with Crippen LogP contribution in [0.15, 0.2) is 191 Å². The van der Waals surface area contributed by atoms with Gasteiger partial charge in [0.25, 0.3) is 6.47 Å². The Hall–Kier alpha value is -6.32. The molecule has 2 aromatic carbocycles. The predicted molar refractivity (Wildman–Crippen MR) is 387 cm³/mol. The van der Waals surface area contributed by atoms with Crippen molar-refractivity contribution in [2.24, 2.45) is 5.92 Å². The Morgan fingerprint density at radius 1 is 0.615 bits per heavy atom. The molecule has 0 saturated carbocycles. The summed E-state index contributed by atoms with van der Waals surface area (Å²) in [5.41, 5.74) is 3.73. The molecule has 2 saturated heterocycles. The normalized spacial score (nSPS) is 17.2. The van der Waals surface area contributed by atoms with Crippen molar-refractivity contribution in [3.63, 3.8) is 0 Å². The van der Waals surface area contributed by atoms with Crippen LogP contribution in [0.1, 0.15) is 160 Å². The van der Waals surface area contributed by atoms with Crippen LogP contribution < -0.4 is 21.2 Å². The number of benzene rings is 2. The molecule has 19 heteroatoms. The standard InChI is InChI=1S/C39H52ClNO7S.C20H30O2.C18H22ClINO4/c1-3-4-5-6-7-8-9-10-11-12-13-14-15-16-17-18-19-24-38(43)47-31-48-39(44)27-33-28-41(26-25-37(33)49-32-45-2)36(29-46-30-42)34-22-20-21-23-35(34)40;1-2-3-4-5-6-7-8-9-10-11-12-13-14-15-16-17-18-19-20(21)22;1-13-7-8-21(10-14(13)9-20-11-25-12-22)17(18(23)24-2)15-5-3-4-6-16(15)19/h4-5,7-8,10-11,13-14,16-17,20-23,27,30,36-37H,3,6,9,12,15,18-19,24-26,28-29,31-32H2,1-2H3;3-4,6-7,9-10,12-13,15-16H,2,5,8,11,14,17-19H2,1H3,(H,21,22);3-6,9,12-13,17H,7-8,10-11H2,1-2H3/q;;-1/b5-4-,8-7-,11-10-,14-13-,17-16-,33-27-;4-3-,7-6-,10-9-,13-12-,16-15-;14-9-/t36-,37?;;13?,17-/m1.0/s1. The first-order valence-corrected chi connectivity index (χ1v) is 37.7. The van der Waals surface area contributed by atoms with E-state index in [1.54, 1.807) is 31.0 Å². The van der Waals surface area contributed by atoms with Crippen LogP contribution in [0, 0.1) is 5.92 Å². The molecule has 1 N–H and O–H groups in total. The number of carbonyl (C=O) groups excluding carboxylic acids is 5. The van der Waals surface area contributed by atoms with Gasteiger partial charge in [0.2, 0.25) is 6.79 Å². The summed E-state index contributed by atoms with van der Waals surface area (Å²) in [6, 6.07) is 14.0. The summed E-state index contributed by atoms with van der Waals surface area (Å²) in [5.74, 6) is -1.10. The molecule has 0 bridgehead atoms. The van der Waals surface area contributed by atoms with Crippen molar-refractivity contribution in [2.75, 3.05) is 64.4 Å². The van der Waals surface area contributed by atoms with Gasteiger partial charge in [-0.3, -0.25) is 19.3 Å². The van der Waals surface area contributed by atoms with Gasteiger partial charge in [-0.25, -0.2) is 4.79 Å². The second-order valence-electron chi connectivity index (χ2n) is 22.0. The molecule has 15 nitrogen and oxygen atoms in total. The van der Waals surface area contributed by atoms with Gasteiger partial charge in [0.1, 0.15) is 6.61 Å². The number of carboxylic acids is 1. The molecule has 4 rings (SSSR count). The molecule has 96 heavy (non-hydrogen) atoms. The SMILES string of the molecule is CC/C=C\C/C=C\C/C=C\C/C=C\C/C=C\CCCC(=O)O.CC/C=C\C/C=C\C/C=C\C/C=C\C/C=C\CCCC(=O)OCOC(=O)/C=C1/CN([C@H](COC=O)c2ccccc2Cl)CCC1SCOC.COC(=O)[C@H](c1ccccc1Cl)N1CCC(C)/C(=C\[I-]COC=O)C1. The predicted octanol–water partition coefficient (Wildman–Crippen LogP) is 14.8. The average molecular weight is 1500 g/mol. The summed E-state index contributed by atoms with van der Waals surface area (Å²) < 4.78 is 33.3. The maximum atomic E-state index is 12.7. The number of esters is 3. The van der Waals surface area contributed by atoms with Crippen LogP contribution >= 0.6 is 35.0 Å². The Balaban J connectivity index is 0.000000554. The first-order valence-electron chi connectivity index (χ1n) is 33.1. The fraction of sp³-hybridized carbons (Fsp3) is 0.455. The molecule has 2 unspecified atom stereocenters. The van der Waals surface area contributed by atoms with Gasteiger partial charge in [-0.2, -0.15) is 0 Å². The molecule has 0 aromatic heterocycles. The second-order valence-corrected chi connectivity index (χ2v) is 26.1. The number of thioether (sulfide) groups is 1. The molecule has 0 aliphatic carbocycles. The molecule has 0 radical (unpaired) electrons. The molecular formula is C77H104Cl2IN2O13S-. The van der Waals surface area contributed by atoms with Crippen LogP contribution in [0.2, 0.25) is 10.0 Å². The average Bonchev–Trinajstić information content (AvgIpc) is 0.829. The number of nitrogens with zero attached hydrogens (tertiary/aromatic N) is 2. The minimum absolute atomic E-state index is 0.0288. The zero-order valence-corrected chi connectivity index (χ0v) is 61.4. The van der Waals surface area contributed by atoms with Crippen molar-refractivity contribution in [3.05, 3.63) is 213 Å². The monoisotopic (exact) mass is 1490 g/mol. The third-order valence-corrected chi connectivity index (χ3v) is 18.7. The minimum atomic E-state index is -0.715. The molecule has 528 valence electrons. The summed E-state index contributed by atoms with van der Waals surface area (Å²) in [4.78, 5) is 73.2. The Morgan fingerprint density at radius 2 is 1.09 bits per heavy atom. The van der Waals surface area contributed by atoms with Gasteiger partial charge in [-0.1, -0.05) is 165 Å². The number of rotatable bonds is 44. The molecule has 2 fully saturated rings. The summed E-state index contributed by atoms with van der Waals surface area (Å²) in [7, 11) is 3.03. The number of hydrogen-bond acceptors (Lipinski definition) is 15. The van der Waals surface area contributed by atoms with Gasteiger partial charge < -0.3 is 24.1 Å². The number of carboxylic acid groups (broad SMARTS) is 1. The molecule has 4 atom stereocenters. The summed E-state index contributed by atoms with van der Waals surface area (Å²) in [6.07, 6.45) is 59.5. The molecule has 2 aliphatic rings. The fourth-order valence-electron chi connectivity index (χ4n) is 9.64. The van der Waals surface area contributed by atoms with Gasteiger partial charge in [0.05, 0.1) is 12.0 Å². The number of aliphatic carboxylic acids is 1. The van der Waals surface area contributed by atoms with Gasteiger partial charge in [-0.15, -0.1) is 11.8 Å². The van der Waals surface area contributed by atoms with Crippen LogP contribution in [0.25, 0.3) is 0 Å². The van der Waals surface area contributed by atoms with Crippen LogP contribution in [0.5, 0.6) is 0 Å². The Labute approximate surface area is 597 Å². The van der Waals surface area contributed by atoms with E-state index in [1.807, 2.05) is 36.4 Å². The van der Waals surface area contributed by atoms with Crippen LogP contribution in [-0.2, 0) is 57.2 Å². The second kappa shape index (κ2) is 58.8. The number of alkyl halides is 1. The summed E-state index contributed by atoms with van der Waals surface area (Å²) in [5, 5.41) is 9.65. The quantitative estimate of drug-likeness (QED) is 0.00760. The van der Waals surface area contributed by atoms with E-state index in [1.165, 1.54) is 18.8 Å². The van der Waals surface area contributed by atoms with Crippen LogP contribution in [0.3, 0.4) is 0 Å². The molecule has 0 amide bonds. The number of halogens is 3. The number of ether oxygens (including phenoxy) is 6. The topological polar surface area (TPSA) is 185 Å². The molecule has 2 heterocycles. The number of likely N-dealkylation sites (tertiary alicyclic amines) is 2. The van der Waals surface area contributed by atoms with E-state index in [0.29, 0.717) is 65.5 Å². The number of hydrogen-bond donors (Lipinski definition) is 1. The van der Waals surface area contributed by atoms with E-state index in [9.17, 15) is 28.8 Å². The third kappa shape index (κ3) is 41.7. The van der Waals surface area contributed by atoms with E-state index in [0.717, 1.165) is 120 Å². The van der Waals surface area contributed by atoms with Crippen molar-refractivity contribution < 1.29 is 83.5 Å².